The minimum atomic E-state index is -0.395. The summed E-state index contributed by atoms with van der Waals surface area (Å²) in [5, 5.41) is 9.50. The lowest BCUT2D eigenvalue weighted by molar-refractivity contribution is 0.0681. The molecule has 1 aliphatic rings. The first-order valence-corrected chi connectivity index (χ1v) is 7.09. The summed E-state index contributed by atoms with van der Waals surface area (Å²) < 4.78 is 0. The SMILES string of the molecule is CC(=O)c1ccc(C(=O)N2CCCC2CC(C)O)cc1. The summed E-state index contributed by atoms with van der Waals surface area (Å²) in [5.41, 5.74) is 1.22. The Morgan fingerprint density at radius 1 is 1.30 bits per heavy atom. The van der Waals surface area contributed by atoms with Crippen LogP contribution in [0.1, 0.15) is 53.8 Å². The first-order valence-electron chi connectivity index (χ1n) is 7.09. The third-order valence-corrected chi connectivity index (χ3v) is 3.79. The van der Waals surface area contributed by atoms with Crippen molar-refractivity contribution in [1.82, 2.24) is 4.90 Å². The van der Waals surface area contributed by atoms with E-state index in [-0.39, 0.29) is 17.7 Å². The maximum atomic E-state index is 12.5. The normalized spacial score (nSPS) is 19.9. The van der Waals surface area contributed by atoms with Crippen molar-refractivity contribution in [3.8, 4) is 0 Å². The molecule has 0 aliphatic carbocycles. The molecule has 0 spiro atoms. The first kappa shape index (κ1) is 14.7. The highest BCUT2D eigenvalue weighted by atomic mass is 16.3. The summed E-state index contributed by atoms with van der Waals surface area (Å²) in [6.45, 7) is 4.00. The van der Waals surface area contributed by atoms with Gasteiger partial charge in [-0.2, -0.15) is 0 Å². The molecule has 0 radical (unpaired) electrons. The van der Waals surface area contributed by atoms with Gasteiger partial charge in [-0.25, -0.2) is 0 Å². The van der Waals surface area contributed by atoms with Gasteiger partial charge in [0.25, 0.3) is 5.91 Å². The van der Waals surface area contributed by atoms with Crippen LogP contribution in [0.4, 0.5) is 0 Å². The van der Waals surface area contributed by atoms with Crippen LogP contribution in [0.15, 0.2) is 24.3 Å². The average molecular weight is 275 g/mol. The van der Waals surface area contributed by atoms with Gasteiger partial charge in [0, 0.05) is 23.7 Å². The Balaban J connectivity index is 2.11. The number of nitrogens with zero attached hydrogens (tertiary/aromatic N) is 1. The molecule has 4 heteroatoms. The lowest BCUT2D eigenvalue weighted by Gasteiger charge is -2.25. The number of amides is 1. The number of ketones is 1. The standard InChI is InChI=1S/C16H21NO3/c1-11(18)10-15-4-3-9-17(15)16(20)14-7-5-13(6-8-14)12(2)19/h5-8,11,15,18H,3-4,9-10H2,1-2H3. The number of rotatable bonds is 4. The van der Waals surface area contributed by atoms with Crippen molar-refractivity contribution >= 4 is 11.7 Å². The summed E-state index contributed by atoms with van der Waals surface area (Å²) in [6.07, 6.45) is 2.15. The topological polar surface area (TPSA) is 57.6 Å². The number of hydrogen-bond acceptors (Lipinski definition) is 3. The van der Waals surface area contributed by atoms with Gasteiger partial charge in [0.05, 0.1) is 6.10 Å². The van der Waals surface area contributed by atoms with Crippen LogP contribution in [0.5, 0.6) is 0 Å². The maximum Gasteiger partial charge on any atom is 0.254 e. The second kappa shape index (κ2) is 6.18. The fourth-order valence-corrected chi connectivity index (χ4v) is 2.76. The predicted octanol–water partition coefficient (Wildman–Crippen LogP) is 2.26. The molecule has 1 N–H and O–H groups in total. The van der Waals surface area contributed by atoms with E-state index >= 15 is 0 Å². The molecule has 20 heavy (non-hydrogen) atoms. The molecule has 1 aromatic carbocycles. The minimum Gasteiger partial charge on any atom is -0.393 e. The molecule has 1 amide bonds. The zero-order valence-corrected chi connectivity index (χ0v) is 12.0. The molecule has 1 heterocycles. The molecular weight excluding hydrogens is 254 g/mol. The lowest BCUT2D eigenvalue weighted by atomic mass is 10.1. The Kier molecular flexibility index (Phi) is 4.55. The van der Waals surface area contributed by atoms with Crippen molar-refractivity contribution in [3.05, 3.63) is 35.4 Å². The van der Waals surface area contributed by atoms with E-state index in [4.69, 9.17) is 0 Å². The van der Waals surface area contributed by atoms with Gasteiger partial charge < -0.3 is 10.0 Å². The van der Waals surface area contributed by atoms with E-state index in [2.05, 4.69) is 0 Å². The van der Waals surface area contributed by atoms with Gasteiger partial charge in [-0.15, -0.1) is 0 Å². The van der Waals surface area contributed by atoms with Crippen molar-refractivity contribution in [2.45, 2.75) is 45.3 Å². The second-order valence-electron chi connectivity index (χ2n) is 5.51. The third kappa shape index (κ3) is 3.25. The van der Waals surface area contributed by atoms with Gasteiger partial charge in [0.15, 0.2) is 5.78 Å². The monoisotopic (exact) mass is 275 g/mol. The summed E-state index contributed by atoms with van der Waals surface area (Å²) >= 11 is 0. The Hall–Kier alpha value is -1.68. The summed E-state index contributed by atoms with van der Waals surface area (Å²) in [5.74, 6) is -0.0135. The van der Waals surface area contributed by atoms with Crippen LogP contribution in [0.3, 0.4) is 0 Å². The Bertz CT molecular complexity index is 493. The largest absolute Gasteiger partial charge is 0.393 e. The lowest BCUT2D eigenvalue weighted by Crippen LogP contribution is -2.37. The van der Waals surface area contributed by atoms with Gasteiger partial charge in [-0.1, -0.05) is 12.1 Å². The van der Waals surface area contributed by atoms with Crippen molar-refractivity contribution in [1.29, 1.82) is 0 Å². The van der Waals surface area contributed by atoms with Gasteiger partial charge >= 0.3 is 0 Å². The van der Waals surface area contributed by atoms with Gasteiger partial charge in [-0.05, 0) is 45.2 Å². The van der Waals surface area contributed by atoms with Crippen molar-refractivity contribution in [2.75, 3.05) is 6.54 Å². The second-order valence-corrected chi connectivity index (χ2v) is 5.51. The van der Waals surface area contributed by atoms with Gasteiger partial charge in [0.2, 0.25) is 0 Å². The minimum absolute atomic E-state index is 0.00264. The van der Waals surface area contributed by atoms with Crippen molar-refractivity contribution in [2.24, 2.45) is 0 Å². The summed E-state index contributed by atoms with van der Waals surface area (Å²) in [4.78, 5) is 25.6. The fourth-order valence-electron chi connectivity index (χ4n) is 2.76. The Morgan fingerprint density at radius 2 is 1.90 bits per heavy atom. The van der Waals surface area contributed by atoms with E-state index in [1.807, 2.05) is 4.90 Å². The highest BCUT2D eigenvalue weighted by molar-refractivity contribution is 5.97. The fraction of sp³-hybridized carbons (Fsp3) is 0.500. The highest BCUT2D eigenvalue weighted by Gasteiger charge is 2.30. The molecule has 1 fully saturated rings. The third-order valence-electron chi connectivity index (χ3n) is 3.79. The zero-order chi connectivity index (χ0) is 14.7. The maximum absolute atomic E-state index is 12.5. The number of benzene rings is 1. The van der Waals surface area contributed by atoms with E-state index < -0.39 is 6.10 Å². The molecule has 2 unspecified atom stereocenters. The molecule has 1 saturated heterocycles. The number of aliphatic hydroxyl groups excluding tert-OH is 1. The quantitative estimate of drug-likeness (QED) is 0.858. The zero-order valence-electron chi connectivity index (χ0n) is 12.0. The molecule has 2 rings (SSSR count). The van der Waals surface area contributed by atoms with Crippen LogP contribution in [0, 0.1) is 0 Å². The van der Waals surface area contributed by atoms with Crippen molar-refractivity contribution < 1.29 is 14.7 Å². The summed E-state index contributed by atoms with van der Waals surface area (Å²) in [7, 11) is 0. The van der Waals surface area contributed by atoms with E-state index in [1.54, 1.807) is 31.2 Å². The van der Waals surface area contributed by atoms with E-state index in [0.29, 0.717) is 17.5 Å². The van der Waals surface area contributed by atoms with Gasteiger partial charge in [0.1, 0.15) is 0 Å². The van der Waals surface area contributed by atoms with Gasteiger partial charge in [-0.3, -0.25) is 9.59 Å². The van der Waals surface area contributed by atoms with E-state index in [0.717, 1.165) is 19.4 Å². The number of likely N-dealkylation sites (tertiary alicyclic amines) is 1. The number of carbonyl (C=O) groups is 2. The van der Waals surface area contributed by atoms with Crippen LogP contribution in [0.25, 0.3) is 0 Å². The number of carbonyl (C=O) groups excluding carboxylic acids is 2. The molecular formula is C16H21NO3. The van der Waals surface area contributed by atoms with Crippen LogP contribution in [-0.2, 0) is 0 Å². The summed E-state index contributed by atoms with van der Waals surface area (Å²) in [6, 6.07) is 6.91. The molecule has 1 aromatic rings. The van der Waals surface area contributed by atoms with Crippen LogP contribution >= 0.6 is 0 Å². The molecule has 2 atom stereocenters. The molecule has 0 saturated carbocycles. The average Bonchev–Trinajstić information content (AvgIpc) is 2.85. The van der Waals surface area contributed by atoms with Crippen LogP contribution in [-0.4, -0.2) is 40.4 Å². The van der Waals surface area contributed by atoms with E-state index in [1.165, 1.54) is 6.92 Å². The molecule has 0 aromatic heterocycles. The van der Waals surface area contributed by atoms with Crippen molar-refractivity contribution in [3.63, 3.8) is 0 Å². The van der Waals surface area contributed by atoms with E-state index in [9.17, 15) is 14.7 Å². The molecule has 1 aliphatic heterocycles. The Labute approximate surface area is 119 Å². The Morgan fingerprint density at radius 3 is 2.45 bits per heavy atom. The number of Topliss-reactive ketones (excluding diaryl/α,β-unsaturated/α-hetero) is 1. The molecule has 108 valence electrons. The van der Waals surface area contributed by atoms with Crippen LogP contribution < -0.4 is 0 Å². The smallest absolute Gasteiger partial charge is 0.254 e. The number of hydrogen-bond donors (Lipinski definition) is 1. The molecule has 0 bridgehead atoms. The van der Waals surface area contributed by atoms with Crippen LogP contribution in [0.2, 0.25) is 0 Å². The first-order chi connectivity index (χ1) is 9.49. The number of aliphatic hydroxyl groups is 1. The molecule has 4 nitrogen and oxygen atoms in total. The highest BCUT2D eigenvalue weighted by Crippen LogP contribution is 2.23. The predicted molar refractivity (Wildman–Crippen MR) is 76.8 cm³/mol.